The SMILES string of the molecule is CC(c1ccnc(C(=O)N2CCCCC2)c1)C1(C(C)c2ccnc(C(=O)N3CCCCC3)c2)NC(=O)N(c2ccc(SC(F)(F)F)cc2)C1=O. The van der Waals surface area contributed by atoms with Crippen molar-refractivity contribution in [3.63, 3.8) is 0 Å². The molecule has 5 amide bonds. The minimum Gasteiger partial charge on any atom is -0.337 e. The van der Waals surface area contributed by atoms with Crippen LogP contribution < -0.4 is 10.2 Å². The average Bonchev–Trinajstić information content (AvgIpc) is 3.40. The van der Waals surface area contributed by atoms with Crippen molar-refractivity contribution >= 4 is 41.2 Å². The van der Waals surface area contributed by atoms with Crippen molar-refractivity contribution < 1.29 is 32.3 Å². The van der Waals surface area contributed by atoms with Gasteiger partial charge in [-0.25, -0.2) is 9.69 Å². The molecule has 0 aliphatic carbocycles. The van der Waals surface area contributed by atoms with E-state index in [0.717, 1.165) is 43.4 Å². The average molecular weight is 709 g/mol. The second kappa shape index (κ2) is 14.4. The first-order valence-corrected chi connectivity index (χ1v) is 17.7. The van der Waals surface area contributed by atoms with Gasteiger partial charge in [0.1, 0.15) is 16.9 Å². The van der Waals surface area contributed by atoms with Gasteiger partial charge < -0.3 is 15.1 Å². The van der Waals surface area contributed by atoms with Crippen molar-refractivity contribution in [2.45, 2.75) is 80.2 Å². The van der Waals surface area contributed by atoms with Gasteiger partial charge in [0.25, 0.3) is 17.7 Å². The molecule has 3 saturated heterocycles. The van der Waals surface area contributed by atoms with E-state index in [1.54, 1.807) is 47.9 Å². The maximum Gasteiger partial charge on any atom is 0.446 e. The number of nitrogens with zero attached hydrogens (tertiary/aromatic N) is 5. The predicted octanol–water partition coefficient (Wildman–Crippen LogP) is 6.74. The number of carbonyl (C=O) groups is 4. The van der Waals surface area contributed by atoms with Crippen LogP contribution in [0.1, 0.15) is 96.3 Å². The molecule has 3 aromatic rings. The van der Waals surface area contributed by atoms with Gasteiger partial charge in [-0.1, -0.05) is 13.8 Å². The largest absolute Gasteiger partial charge is 0.446 e. The lowest BCUT2D eigenvalue weighted by atomic mass is 9.69. The van der Waals surface area contributed by atoms with Crippen molar-refractivity contribution in [2.24, 2.45) is 0 Å². The number of aromatic nitrogens is 2. The molecule has 264 valence electrons. The van der Waals surface area contributed by atoms with E-state index >= 15 is 0 Å². The zero-order valence-electron chi connectivity index (χ0n) is 27.9. The summed E-state index contributed by atoms with van der Waals surface area (Å²) >= 11 is -0.292. The lowest BCUT2D eigenvalue weighted by molar-refractivity contribution is -0.123. The summed E-state index contributed by atoms with van der Waals surface area (Å²) in [4.78, 5) is 68.5. The molecule has 3 fully saturated rings. The van der Waals surface area contributed by atoms with E-state index in [1.807, 2.05) is 0 Å². The molecule has 2 unspecified atom stereocenters. The first-order chi connectivity index (χ1) is 23.9. The summed E-state index contributed by atoms with van der Waals surface area (Å²) in [6, 6.07) is 11.0. The van der Waals surface area contributed by atoms with Crippen molar-refractivity contribution in [2.75, 3.05) is 31.1 Å². The Hall–Kier alpha value is -4.46. The minimum absolute atomic E-state index is 0.0910. The van der Waals surface area contributed by atoms with E-state index < -0.39 is 34.8 Å². The van der Waals surface area contributed by atoms with Crippen molar-refractivity contribution in [1.82, 2.24) is 25.1 Å². The second-order valence-electron chi connectivity index (χ2n) is 13.1. The molecule has 1 aromatic carbocycles. The molecular formula is C36H39F3N6O4S. The fraction of sp³-hybridized carbons (Fsp3) is 0.444. The van der Waals surface area contributed by atoms with E-state index in [0.29, 0.717) is 37.3 Å². The number of thioether (sulfide) groups is 1. The number of piperidine rings is 2. The maximum atomic E-state index is 14.8. The quantitative estimate of drug-likeness (QED) is 0.204. The zero-order valence-corrected chi connectivity index (χ0v) is 28.7. The van der Waals surface area contributed by atoms with Crippen LogP contribution in [0.2, 0.25) is 0 Å². The molecule has 5 heterocycles. The molecule has 3 aliphatic heterocycles. The molecule has 10 nitrogen and oxygen atoms in total. The van der Waals surface area contributed by atoms with E-state index in [9.17, 15) is 32.3 Å². The Kier molecular flexibility index (Phi) is 10.2. The molecule has 6 rings (SSSR count). The number of hydrogen-bond donors (Lipinski definition) is 1. The number of benzene rings is 1. The number of pyridine rings is 2. The fourth-order valence-electron chi connectivity index (χ4n) is 7.27. The van der Waals surface area contributed by atoms with Gasteiger partial charge in [-0.15, -0.1) is 0 Å². The summed E-state index contributed by atoms with van der Waals surface area (Å²) in [5.74, 6) is -2.51. The number of imide groups is 1. The topological polar surface area (TPSA) is 116 Å². The van der Waals surface area contributed by atoms with E-state index in [2.05, 4.69) is 15.3 Å². The number of halogens is 3. The first-order valence-electron chi connectivity index (χ1n) is 16.9. The number of carbonyl (C=O) groups excluding carboxylic acids is 4. The third kappa shape index (κ3) is 7.07. The summed E-state index contributed by atoms with van der Waals surface area (Å²) < 4.78 is 39.0. The third-order valence-electron chi connectivity index (χ3n) is 10.1. The smallest absolute Gasteiger partial charge is 0.337 e. The van der Waals surface area contributed by atoms with Gasteiger partial charge in [-0.05, 0) is 110 Å². The van der Waals surface area contributed by atoms with Crippen LogP contribution in [0, 0.1) is 0 Å². The maximum absolute atomic E-state index is 14.8. The number of urea groups is 1. The number of nitrogens with one attached hydrogen (secondary N) is 1. The highest BCUT2D eigenvalue weighted by atomic mass is 32.2. The van der Waals surface area contributed by atoms with Gasteiger partial charge in [0, 0.05) is 55.3 Å². The number of alkyl halides is 3. The van der Waals surface area contributed by atoms with Crippen LogP contribution in [0.25, 0.3) is 0 Å². The highest BCUT2D eigenvalue weighted by molar-refractivity contribution is 8.00. The normalized spacial score (nSPS) is 21.2. The molecule has 14 heteroatoms. The minimum atomic E-state index is -4.50. The van der Waals surface area contributed by atoms with Crippen LogP contribution >= 0.6 is 11.8 Å². The monoisotopic (exact) mass is 708 g/mol. The summed E-state index contributed by atoms with van der Waals surface area (Å²) in [7, 11) is 0. The molecular weight excluding hydrogens is 669 g/mol. The first kappa shape index (κ1) is 35.4. The standard InChI is InChI=1S/C36H39F3N6O4S/c1-23(25-13-15-40-29(21-25)31(46)43-17-5-3-6-18-43)35(24(2)26-14-16-41-30(22-26)32(47)44-19-7-4-8-20-44)33(48)45(34(49)42-35)27-9-11-28(12-10-27)50-36(37,38)39/h9-16,21-24H,3-8,17-20H2,1-2H3,(H,42,49). The Labute approximate surface area is 292 Å². The van der Waals surface area contributed by atoms with Crippen molar-refractivity contribution in [1.29, 1.82) is 0 Å². The lowest BCUT2D eigenvalue weighted by Crippen LogP contribution is -2.55. The lowest BCUT2D eigenvalue weighted by Gasteiger charge is -2.39. The zero-order chi connectivity index (χ0) is 35.6. The molecule has 0 spiro atoms. The number of amides is 5. The van der Waals surface area contributed by atoms with Gasteiger partial charge in [0.05, 0.1) is 5.69 Å². The van der Waals surface area contributed by atoms with Gasteiger partial charge in [-0.3, -0.25) is 24.4 Å². The van der Waals surface area contributed by atoms with Gasteiger partial charge in [0.15, 0.2) is 0 Å². The number of hydrogen-bond acceptors (Lipinski definition) is 7. The summed E-state index contributed by atoms with van der Waals surface area (Å²) in [5.41, 5.74) is -4.42. The van der Waals surface area contributed by atoms with E-state index in [-0.39, 0.29) is 45.5 Å². The Morgan fingerprint density at radius 3 is 1.66 bits per heavy atom. The highest BCUT2D eigenvalue weighted by Crippen LogP contribution is 2.45. The summed E-state index contributed by atoms with van der Waals surface area (Å²) in [5, 5.41) is 2.96. The van der Waals surface area contributed by atoms with Crippen LogP contribution in [-0.2, 0) is 4.79 Å². The number of rotatable bonds is 8. The Morgan fingerprint density at radius 2 is 1.22 bits per heavy atom. The fourth-order valence-corrected chi connectivity index (χ4v) is 7.81. The van der Waals surface area contributed by atoms with Gasteiger partial charge in [-0.2, -0.15) is 13.2 Å². The van der Waals surface area contributed by atoms with Crippen molar-refractivity contribution in [3.05, 3.63) is 83.4 Å². The summed E-state index contributed by atoms with van der Waals surface area (Å²) in [6.45, 7) is 6.09. The molecule has 2 aromatic heterocycles. The number of likely N-dealkylation sites (tertiary alicyclic amines) is 2. The molecule has 1 N–H and O–H groups in total. The Morgan fingerprint density at radius 1 is 0.760 bits per heavy atom. The molecule has 2 atom stereocenters. The molecule has 0 bridgehead atoms. The van der Waals surface area contributed by atoms with Crippen LogP contribution in [-0.4, -0.2) is 80.7 Å². The third-order valence-corrected chi connectivity index (χ3v) is 10.8. The number of anilines is 1. The molecule has 3 aliphatic rings. The van der Waals surface area contributed by atoms with Crippen LogP contribution in [0.15, 0.2) is 65.8 Å². The van der Waals surface area contributed by atoms with Crippen LogP contribution in [0.4, 0.5) is 23.7 Å². The highest BCUT2D eigenvalue weighted by Gasteiger charge is 2.59. The predicted molar refractivity (Wildman–Crippen MR) is 182 cm³/mol. The van der Waals surface area contributed by atoms with Crippen LogP contribution in [0.3, 0.4) is 0 Å². The van der Waals surface area contributed by atoms with E-state index in [4.69, 9.17) is 0 Å². The molecule has 0 radical (unpaired) electrons. The van der Waals surface area contributed by atoms with Crippen molar-refractivity contribution in [3.8, 4) is 0 Å². The van der Waals surface area contributed by atoms with Gasteiger partial charge >= 0.3 is 11.5 Å². The van der Waals surface area contributed by atoms with Gasteiger partial charge in [0.2, 0.25) is 0 Å². The van der Waals surface area contributed by atoms with E-state index in [1.165, 1.54) is 36.7 Å². The molecule has 0 saturated carbocycles. The Bertz CT molecular complexity index is 1680. The van der Waals surface area contributed by atoms with Crippen LogP contribution in [0.5, 0.6) is 0 Å². The summed E-state index contributed by atoms with van der Waals surface area (Å²) in [6.07, 6.45) is 8.75. The second-order valence-corrected chi connectivity index (χ2v) is 14.2. The molecule has 50 heavy (non-hydrogen) atoms. The Balaban J connectivity index is 1.39.